The third kappa shape index (κ3) is 2.71. The van der Waals surface area contributed by atoms with Crippen molar-refractivity contribution in [3.05, 3.63) is 35.4 Å². The van der Waals surface area contributed by atoms with E-state index in [1.165, 1.54) is 17.5 Å². The molecule has 1 amide bonds. The zero-order valence-corrected chi connectivity index (χ0v) is 13.2. The van der Waals surface area contributed by atoms with Crippen LogP contribution in [0.4, 0.5) is 0 Å². The van der Waals surface area contributed by atoms with Crippen molar-refractivity contribution in [2.75, 3.05) is 26.7 Å². The quantitative estimate of drug-likeness (QED) is 0.922. The molecule has 1 saturated heterocycles. The third-order valence-corrected chi connectivity index (χ3v) is 5.12. The van der Waals surface area contributed by atoms with E-state index in [2.05, 4.69) is 41.4 Å². The molecular formula is C18H26N2O. The second kappa shape index (κ2) is 5.80. The van der Waals surface area contributed by atoms with Crippen LogP contribution in [0.3, 0.4) is 0 Å². The van der Waals surface area contributed by atoms with E-state index >= 15 is 0 Å². The molecule has 114 valence electrons. The van der Waals surface area contributed by atoms with Crippen molar-refractivity contribution in [3.8, 4) is 0 Å². The van der Waals surface area contributed by atoms with Crippen LogP contribution in [-0.4, -0.2) is 37.5 Å². The van der Waals surface area contributed by atoms with E-state index in [4.69, 9.17) is 0 Å². The molecule has 3 rings (SSSR count). The summed E-state index contributed by atoms with van der Waals surface area (Å²) in [4.78, 5) is 15.2. The molecule has 0 spiro atoms. The number of rotatable bonds is 4. The predicted molar refractivity (Wildman–Crippen MR) is 85.3 cm³/mol. The van der Waals surface area contributed by atoms with Gasteiger partial charge in [-0.3, -0.25) is 4.79 Å². The molecule has 1 aliphatic carbocycles. The summed E-state index contributed by atoms with van der Waals surface area (Å²) < 4.78 is 0. The van der Waals surface area contributed by atoms with Crippen LogP contribution in [0.2, 0.25) is 0 Å². The summed E-state index contributed by atoms with van der Waals surface area (Å²) in [6.07, 6.45) is 4.41. The first-order valence-corrected chi connectivity index (χ1v) is 8.17. The molecule has 1 saturated carbocycles. The Morgan fingerprint density at radius 2 is 2.14 bits per heavy atom. The van der Waals surface area contributed by atoms with Gasteiger partial charge in [-0.25, -0.2) is 0 Å². The van der Waals surface area contributed by atoms with Crippen molar-refractivity contribution in [2.45, 2.75) is 38.0 Å². The van der Waals surface area contributed by atoms with Gasteiger partial charge < -0.3 is 10.2 Å². The molecule has 1 aliphatic heterocycles. The monoisotopic (exact) mass is 286 g/mol. The molecule has 2 aliphatic rings. The van der Waals surface area contributed by atoms with Gasteiger partial charge in [-0.15, -0.1) is 0 Å². The Balaban J connectivity index is 1.77. The SMILES string of the molecule is CNCC1CCCN(C(=O)C2(c3ccccc3C)CC2)C1. The average molecular weight is 286 g/mol. The molecule has 1 aromatic carbocycles. The van der Waals surface area contributed by atoms with Crippen molar-refractivity contribution in [2.24, 2.45) is 5.92 Å². The van der Waals surface area contributed by atoms with Crippen molar-refractivity contribution in [1.29, 1.82) is 0 Å². The van der Waals surface area contributed by atoms with Crippen molar-refractivity contribution in [1.82, 2.24) is 10.2 Å². The molecule has 3 nitrogen and oxygen atoms in total. The van der Waals surface area contributed by atoms with Gasteiger partial charge in [-0.2, -0.15) is 0 Å². The Kier molecular flexibility index (Phi) is 4.03. The molecule has 1 atom stereocenters. The molecule has 1 N–H and O–H groups in total. The highest BCUT2D eigenvalue weighted by molar-refractivity contribution is 5.91. The molecule has 0 aromatic heterocycles. The highest BCUT2D eigenvalue weighted by atomic mass is 16.2. The van der Waals surface area contributed by atoms with Gasteiger partial charge in [0.05, 0.1) is 5.41 Å². The lowest BCUT2D eigenvalue weighted by atomic mass is 9.89. The summed E-state index contributed by atoms with van der Waals surface area (Å²) >= 11 is 0. The lowest BCUT2D eigenvalue weighted by Crippen LogP contribution is -2.46. The summed E-state index contributed by atoms with van der Waals surface area (Å²) in [7, 11) is 2.00. The average Bonchev–Trinajstić information content (AvgIpc) is 3.29. The van der Waals surface area contributed by atoms with Crippen LogP contribution < -0.4 is 5.32 Å². The fraction of sp³-hybridized carbons (Fsp3) is 0.611. The summed E-state index contributed by atoms with van der Waals surface area (Å²) in [6.45, 7) is 5.00. The maximum Gasteiger partial charge on any atom is 0.233 e. The zero-order chi connectivity index (χ0) is 14.9. The minimum absolute atomic E-state index is 0.202. The second-order valence-electron chi connectivity index (χ2n) is 6.71. The van der Waals surface area contributed by atoms with E-state index in [0.717, 1.165) is 38.9 Å². The molecule has 1 heterocycles. The van der Waals surface area contributed by atoms with E-state index < -0.39 is 0 Å². The maximum absolute atomic E-state index is 13.1. The fourth-order valence-electron chi connectivity index (χ4n) is 3.84. The number of amides is 1. The smallest absolute Gasteiger partial charge is 0.233 e. The number of aryl methyl sites for hydroxylation is 1. The number of benzene rings is 1. The Morgan fingerprint density at radius 1 is 1.38 bits per heavy atom. The summed E-state index contributed by atoms with van der Waals surface area (Å²) in [5.74, 6) is 0.984. The van der Waals surface area contributed by atoms with Gasteiger partial charge in [-0.05, 0) is 63.2 Å². The molecule has 21 heavy (non-hydrogen) atoms. The number of nitrogens with one attached hydrogen (secondary N) is 1. The second-order valence-corrected chi connectivity index (χ2v) is 6.71. The van der Waals surface area contributed by atoms with E-state index in [-0.39, 0.29) is 5.41 Å². The van der Waals surface area contributed by atoms with Gasteiger partial charge >= 0.3 is 0 Å². The van der Waals surface area contributed by atoms with Gasteiger partial charge in [-0.1, -0.05) is 24.3 Å². The third-order valence-electron chi connectivity index (χ3n) is 5.12. The molecule has 1 aromatic rings. The lowest BCUT2D eigenvalue weighted by molar-refractivity contribution is -0.135. The van der Waals surface area contributed by atoms with E-state index in [1.807, 2.05) is 7.05 Å². The van der Waals surface area contributed by atoms with E-state index in [9.17, 15) is 4.79 Å². The zero-order valence-electron chi connectivity index (χ0n) is 13.2. The number of carbonyl (C=O) groups is 1. The highest BCUT2D eigenvalue weighted by Gasteiger charge is 2.53. The molecule has 3 heteroatoms. The fourth-order valence-corrected chi connectivity index (χ4v) is 3.84. The summed E-state index contributed by atoms with van der Waals surface area (Å²) in [5.41, 5.74) is 2.31. The van der Waals surface area contributed by atoms with Crippen molar-refractivity contribution < 1.29 is 4.79 Å². The van der Waals surface area contributed by atoms with Gasteiger partial charge in [0.25, 0.3) is 0 Å². The Bertz CT molecular complexity index is 520. The molecule has 2 fully saturated rings. The van der Waals surface area contributed by atoms with Crippen LogP contribution in [0.5, 0.6) is 0 Å². The molecular weight excluding hydrogens is 260 g/mol. The van der Waals surface area contributed by atoms with Crippen molar-refractivity contribution >= 4 is 5.91 Å². The topological polar surface area (TPSA) is 32.3 Å². The van der Waals surface area contributed by atoms with E-state index in [1.54, 1.807) is 0 Å². The number of piperidine rings is 1. The Hall–Kier alpha value is -1.35. The van der Waals surface area contributed by atoms with E-state index in [0.29, 0.717) is 11.8 Å². The van der Waals surface area contributed by atoms with Gasteiger partial charge in [0, 0.05) is 13.1 Å². The Morgan fingerprint density at radius 3 is 2.81 bits per heavy atom. The number of nitrogens with zero attached hydrogens (tertiary/aromatic N) is 1. The van der Waals surface area contributed by atoms with Gasteiger partial charge in [0.1, 0.15) is 0 Å². The standard InChI is InChI=1S/C18H26N2O/c1-14-6-3-4-8-16(14)18(9-10-18)17(21)20-11-5-7-15(13-20)12-19-2/h3-4,6,8,15,19H,5,7,9-13H2,1-2H3. The van der Waals surface area contributed by atoms with Crippen LogP contribution in [0.15, 0.2) is 24.3 Å². The van der Waals surface area contributed by atoms with Crippen LogP contribution in [0, 0.1) is 12.8 Å². The first-order valence-electron chi connectivity index (χ1n) is 8.17. The minimum atomic E-state index is -0.202. The number of carbonyl (C=O) groups excluding carboxylic acids is 1. The minimum Gasteiger partial charge on any atom is -0.342 e. The molecule has 1 unspecified atom stereocenters. The predicted octanol–water partition coefficient (Wildman–Crippen LogP) is 2.48. The summed E-state index contributed by atoms with van der Waals surface area (Å²) in [5, 5.41) is 3.25. The van der Waals surface area contributed by atoms with Crippen LogP contribution in [0.1, 0.15) is 36.8 Å². The number of likely N-dealkylation sites (tertiary alicyclic amines) is 1. The first-order chi connectivity index (χ1) is 10.2. The Labute approximate surface area is 127 Å². The summed E-state index contributed by atoms with van der Waals surface area (Å²) in [6, 6.07) is 8.40. The highest BCUT2D eigenvalue weighted by Crippen LogP contribution is 2.51. The van der Waals surface area contributed by atoms with Crippen molar-refractivity contribution in [3.63, 3.8) is 0 Å². The largest absolute Gasteiger partial charge is 0.342 e. The lowest BCUT2D eigenvalue weighted by Gasteiger charge is -2.35. The molecule has 0 radical (unpaired) electrons. The van der Waals surface area contributed by atoms with Gasteiger partial charge in [0.2, 0.25) is 5.91 Å². The first kappa shape index (κ1) is 14.6. The number of hydrogen-bond acceptors (Lipinski definition) is 2. The van der Waals surface area contributed by atoms with Crippen LogP contribution in [-0.2, 0) is 10.2 Å². The maximum atomic E-state index is 13.1. The number of hydrogen-bond donors (Lipinski definition) is 1. The normalized spacial score (nSPS) is 23.9. The van der Waals surface area contributed by atoms with Crippen LogP contribution >= 0.6 is 0 Å². The van der Waals surface area contributed by atoms with Crippen LogP contribution in [0.25, 0.3) is 0 Å². The van der Waals surface area contributed by atoms with Gasteiger partial charge in [0.15, 0.2) is 0 Å². The molecule has 0 bridgehead atoms.